The Balaban J connectivity index is 1.28. The van der Waals surface area contributed by atoms with Crippen molar-refractivity contribution in [2.24, 2.45) is 16.6 Å². The molecular weight excluding hydrogens is 896 g/mol. The quantitative estimate of drug-likeness (QED) is 0.0469. The lowest BCUT2D eigenvalue weighted by molar-refractivity contribution is -0.162. The Morgan fingerprint density at radius 1 is 0.853 bits per heavy atom. The summed E-state index contributed by atoms with van der Waals surface area (Å²) in [4.78, 5) is 93.9. The normalized spacial score (nSPS) is 17.0. The summed E-state index contributed by atoms with van der Waals surface area (Å²) in [5.74, 6) is -3.38. The molecule has 0 aliphatic carbocycles. The predicted octanol–water partition coefficient (Wildman–Crippen LogP) is 6.60. The highest BCUT2D eigenvalue weighted by Crippen LogP contribution is 2.51. The van der Waals surface area contributed by atoms with Crippen molar-refractivity contribution in [2.75, 3.05) is 18.5 Å². The first-order valence-electron chi connectivity index (χ1n) is 22.5. The van der Waals surface area contributed by atoms with Gasteiger partial charge >= 0.3 is 19.5 Å². The summed E-state index contributed by atoms with van der Waals surface area (Å²) in [7, 11) is -4.77. The van der Waals surface area contributed by atoms with Crippen molar-refractivity contribution < 1.29 is 61.4 Å². The van der Waals surface area contributed by atoms with Gasteiger partial charge in [-0.15, -0.1) is 0 Å². The number of aryl methyl sites for hydroxylation is 2. The molecule has 68 heavy (non-hydrogen) atoms. The number of carbonyl (C=O) groups is 7. The van der Waals surface area contributed by atoms with Crippen molar-refractivity contribution in [3.05, 3.63) is 106 Å². The van der Waals surface area contributed by atoms with Crippen molar-refractivity contribution in [3.8, 4) is 0 Å². The fourth-order valence-corrected chi connectivity index (χ4v) is 8.57. The van der Waals surface area contributed by atoms with E-state index < -0.39 is 97.3 Å². The van der Waals surface area contributed by atoms with Crippen LogP contribution < -0.4 is 21.3 Å². The minimum Gasteiger partial charge on any atom is -0.438 e. The van der Waals surface area contributed by atoms with Crippen LogP contribution in [0.3, 0.4) is 0 Å². The summed E-state index contributed by atoms with van der Waals surface area (Å²) in [5, 5.41) is 5.88. The number of benzene rings is 3. The third kappa shape index (κ3) is 13.8. The van der Waals surface area contributed by atoms with Crippen LogP contribution in [0.1, 0.15) is 113 Å². The molecule has 17 nitrogen and oxygen atoms in total. The standard InChI is InChI=1S/C50H63N4O13P/c1-30-13-15-33(16-14-30)27-63-32(3)38(23-24-41(51)55)53-44(57)40-26-37-12-10-11-35-21-22-39(45(58)54(40)43(35)37)52-42(56)25-31(2)34-17-19-36(20-18-34)46(59)68(62,66-28-64-47(60)49(4,5)6)67-29-65-48(61)50(7,8)9/h10-20,25,32,38-40H,21-24,26-29H2,1-9H3,(H2,51,55)(H,52,56)(H,53,57)/b31-25+/t32-,38+,39+,40+/m1/s1. The van der Waals surface area contributed by atoms with Crippen LogP contribution in [0.4, 0.5) is 5.69 Å². The summed E-state index contributed by atoms with van der Waals surface area (Å²) in [6, 6.07) is 16.7. The van der Waals surface area contributed by atoms with E-state index in [1.807, 2.05) is 56.3 Å². The minimum absolute atomic E-state index is 0.00594. The largest absolute Gasteiger partial charge is 0.438 e. The molecule has 0 unspecified atom stereocenters. The molecular formula is C50H63N4O13P. The number of carbonyl (C=O) groups excluding carboxylic acids is 7. The Hall–Kier alpha value is -6.00. The number of amides is 4. The molecule has 0 spiro atoms. The number of esters is 2. The Morgan fingerprint density at radius 2 is 1.43 bits per heavy atom. The number of anilines is 1. The molecule has 0 bridgehead atoms. The lowest BCUT2D eigenvalue weighted by Crippen LogP contribution is -2.56. The first kappa shape index (κ1) is 53.0. The van der Waals surface area contributed by atoms with Crippen molar-refractivity contribution in [3.63, 3.8) is 0 Å². The molecule has 2 aliphatic rings. The van der Waals surface area contributed by atoms with Gasteiger partial charge in [-0.3, -0.25) is 52.1 Å². The molecule has 0 saturated carbocycles. The van der Waals surface area contributed by atoms with Gasteiger partial charge in [-0.25, -0.2) is 0 Å². The number of nitrogens with one attached hydrogen (secondary N) is 2. The van der Waals surface area contributed by atoms with Crippen LogP contribution in [0.25, 0.3) is 5.57 Å². The maximum atomic E-state index is 14.5. The van der Waals surface area contributed by atoms with E-state index in [1.165, 1.54) is 35.2 Å². The van der Waals surface area contributed by atoms with Gasteiger partial charge in [0.05, 0.1) is 35.3 Å². The van der Waals surface area contributed by atoms with E-state index in [-0.39, 0.29) is 37.9 Å². The smallest absolute Gasteiger partial charge is 0.407 e. The Morgan fingerprint density at radius 3 is 2.00 bits per heavy atom. The van der Waals surface area contributed by atoms with Gasteiger partial charge < -0.3 is 30.6 Å². The van der Waals surface area contributed by atoms with Gasteiger partial charge in [0.15, 0.2) is 0 Å². The van der Waals surface area contributed by atoms with Gasteiger partial charge in [-0.05, 0) is 109 Å². The first-order chi connectivity index (χ1) is 31.9. The van der Waals surface area contributed by atoms with Gasteiger partial charge in [-0.2, -0.15) is 0 Å². The number of primary amides is 1. The van der Waals surface area contributed by atoms with Gasteiger partial charge in [0, 0.05) is 24.5 Å². The minimum atomic E-state index is -4.77. The van der Waals surface area contributed by atoms with E-state index in [0.717, 1.165) is 22.3 Å². The number of nitrogens with zero attached hydrogens (tertiary/aromatic N) is 1. The average Bonchev–Trinajstić information content (AvgIpc) is 3.62. The van der Waals surface area contributed by atoms with E-state index in [2.05, 4.69) is 10.6 Å². The van der Waals surface area contributed by atoms with Crippen molar-refractivity contribution in [1.82, 2.24) is 10.6 Å². The average molecular weight is 959 g/mol. The monoisotopic (exact) mass is 958 g/mol. The second-order valence-electron chi connectivity index (χ2n) is 19.1. The third-order valence-corrected chi connectivity index (χ3v) is 13.1. The van der Waals surface area contributed by atoms with Crippen LogP contribution in [0.2, 0.25) is 0 Å². The summed E-state index contributed by atoms with van der Waals surface area (Å²) >= 11 is 0. The molecule has 2 aliphatic heterocycles. The van der Waals surface area contributed by atoms with Gasteiger partial charge in [0.2, 0.25) is 37.2 Å². The maximum absolute atomic E-state index is 14.5. The Labute approximate surface area is 397 Å². The van der Waals surface area contributed by atoms with Gasteiger partial charge in [0.1, 0.15) is 12.1 Å². The molecule has 18 heteroatoms. The number of ether oxygens (including phenoxy) is 3. The van der Waals surface area contributed by atoms with Crippen LogP contribution in [0, 0.1) is 17.8 Å². The van der Waals surface area contributed by atoms with Crippen LogP contribution >= 0.6 is 7.60 Å². The summed E-state index contributed by atoms with van der Waals surface area (Å²) in [6.07, 6.45) is 1.95. The summed E-state index contributed by atoms with van der Waals surface area (Å²) in [5.41, 5.74) is 7.76. The van der Waals surface area contributed by atoms with E-state index >= 15 is 0 Å². The number of nitrogens with two attached hydrogens (primary N) is 1. The second-order valence-corrected chi connectivity index (χ2v) is 21.1. The molecule has 3 aromatic carbocycles. The molecule has 0 radical (unpaired) electrons. The molecule has 0 aromatic heterocycles. The topological polar surface area (TPSA) is 236 Å². The zero-order chi connectivity index (χ0) is 50.1. The van der Waals surface area contributed by atoms with Crippen LogP contribution in [0.15, 0.2) is 72.8 Å². The lowest BCUT2D eigenvalue weighted by Gasteiger charge is -2.31. The SMILES string of the molecule is C/C(=C\C(=O)N[C@H]1CCc2cccc3c2N(C1=O)[C@H](C(=O)N[C@@H](CCC(N)=O)[C@@H](C)OCc1ccc(C)cc1)C3)c1ccc(C(=O)P(=O)(OCOC(=O)C(C)(C)C)OCOC(=O)C(C)(C)C)cc1. The van der Waals surface area contributed by atoms with Crippen LogP contribution in [-0.2, 0) is 76.0 Å². The van der Waals surface area contributed by atoms with Crippen molar-refractivity contribution in [1.29, 1.82) is 0 Å². The Bertz CT molecular complexity index is 2420. The molecule has 0 saturated heterocycles. The predicted molar refractivity (Wildman–Crippen MR) is 252 cm³/mol. The number of para-hydroxylation sites is 1. The first-order valence-corrected chi connectivity index (χ1v) is 24.0. The fraction of sp³-hybridized carbons (Fsp3) is 0.460. The molecule has 3 aromatic rings. The highest BCUT2D eigenvalue weighted by Gasteiger charge is 2.45. The Kier molecular flexibility index (Phi) is 17.5. The summed E-state index contributed by atoms with van der Waals surface area (Å²) in [6.45, 7) is 13.5. The van der Waals surface area contributed by atoms with E-state index in [9.17, 15) is 38.1 Å². The highest BCUT2D eigenvalue weighted by molar-refractivity contribution is 7.72. The van der Waals surface area contributed by atoms with Gasteiger partial charge in [-0.1, -0.05) is 72.3 Å². The molecule has 5 rings (SSSR count). The molecule has 4 N–H and O–H groups in total. The van der Waals surface area contributed by atoms with E-state index in [4.69, 9.17) is 29.0 Å². The molecule has 0 fully saturated rings. The van der Waals surface area contributed by atoms with Crippen LogP contribution in [-0.4, -0.2) is 78.9 Å². The van der Waals surface area contributed by atoms with Crippen molar-refractivity contribution in [2.45, 2.75) is 125 Å². The number of rotatable bonds is 20. The van der Waals surface area contributed by atoms with E-state index in [1.54, 1.807) is 48.5 Å². The maximum Gasteiger partial charge on any atom is 0.407 e. The zero-order valence-corrected chi connectivity index (χ0v) is 41.1. The van der Waals surface area contributed by atoms with Crippen LogP contribution in [0.5, 0.6) is 0 Å². The lowest BCUT2D eigenvalue weighted by atomic mass is 9.98. The third-order valence-electron chi connectivity index (χ3n) is 11.5. The second kappa shape index (κ2) is 22.4. The molecule has 366 valence electrons. The van der Waals surface area contributed by atoms with Crippen molar-refractivity contribution >= 4 is 59.9 Å². The zero-order valence-electron chi connectivity index (χ0n) is 40.2. The van der Waals surface area contributed by atoms with E-state index in [0.29, 0.717) is 23.2 Å². The molecule has 2 heterocycles. The number of allylic oxidation sites excluding steroid dienone is 1. The molecule has 4 atom stereocenters. The number of hydrogen-bond donors (Lipinski definition) is 3. The summed E-state index contributed by atoms with van der Waals surface area (Å²) < 4.78 is 40.6. The number of hydrogen-bond acceptors (Lipinski definition) is 13. The molecule has 4 amide bonds. The highest BCUT2D eigenvalue weighted by atomic mass is 31.2. The fourth-order valence-electron chi connectivity index (χ4n) is 7.42. The van der Waals surface area contributed by atoms with Gasteiger partial charge in [0.25, 0.3) is 5.52 Å².